The summed E-state index contributed by atoms with van der Waals surface area (Å²) < 4.78 is 11.6. The fraction of sp³-hybridized carbons (Fsp3) is 0.346. The number of hydrogen-bond acceptors (Lipinski definition) is 5. The predicted molar refractivity (Wildman–Crippen MR) is 123 cm³/mol. The Bertz CT molecular complexity index is 1100. The van der Waals surface area contributed by atoms with Crippen LogP contribution in [0.5, 0.6) is 5.75 Å². The van der Waals surface area contributed by atoms with E-state index in [1.165, 1.54) is 5.56 Å². The van der Waals surface area contributed by atoms with E-state index in [4.69, 9.17) is 9.47 Å². The molecule has 32 heavy (non-hydrogen) atoms. The second-order valence-corrected chi connectivity index (χ2v) is 8.56. The van der Waals surface area contributed by atoms with Gasteiger partial charge in [0.15, 0.2) is 0 Å². The molecule has 6 nitrogen and oxygen atoms in total. The molecule has 2 aliphatic rings. The van der Waals surface area contributed by atoms with Crippen molar-refractivity contribution in [2.45, 2.75) is 38.2 Å². The van der Waals surface area contributed by atoms with Crippen molar-refractivity contribution in [1.82, 2.24) is 9.97 Å². The second-order valence-electron chi connectivity index (χ2n) is 8.56. The SMILES string of the molecule is Cc1cc(-c2ccnc(NC(=O)[C@@H]3C[C@H]3c3ccncc3)c2)ccc1OC1CCOCC1. The molecule has 0 radical (unpaired) electrons. The Balaban J connectivity index is 1.25. The fourth-order valence-electron chi connectivity index (χ4n) is 4.30. The summed E-state index contributed by atoms with van der Waals surface area (Å²) in [7, 11) is 0. The first-order chi connectivity index (χ1) is 15.7. The summed E-state index contributed by atoms with van der Waals surface area (Å²) >= 11 is 0. The van der Waals surface area contributed by atoms with Crippen LogP contribution in [0.1, 0.15) is 36.3 Å². The Morgan fingerprint density at radius 1 is 1.03 bits per heavy atom. The molecule has 1 amide bonds. The van der Waals surface area contributed by atoms with Crippen molar-refractivity contribution in [3.8, 4) is 16.9 Å². The Hall–Kier alpha value is -3.25. The fourth-order valence-corrected chi connectivity index (χ4v) is 4.30. The maximum absolute atomic E-state index is 12.7. The molecule has 164 valence electrons. The minimum Gasteiger partial charge on any atom is -0.490 e. The summed E-state index contributed by atoms with van der Waals surface area (Å²) in [6, 6.07) is 14.1. The summed E-state index contributed by atoms with van der Waals surface area (Å²) in [4.78, 5) is 21.1. The van der Waals surface area contributed by atoms with Gasteiger partial charge < -0.3 is 14.8 Å². The highest BCUT2D eigenvalue weighted by atomic mass is 16.5. The lowest BCUT2D eigenvalue weighted by Crippen LogP contribution is -2.26. The molecule has 1 N–H and O–H groups in total. The van der Waals surface area contributed by atoms with Crippen molar-refractivity contribution in [2.24, 2.45) is 5.92 Å². The molecule has 6 heteroatoms. The molecule has 2 atom stereocenters. The molecular formula is C26H27N3O3. The van der Waals surface area contributed by atoms with Crippen molar-refractivity contribution in [3.63, 3.8) is 0 Å². The number of hydrogen-bond donors (Lipinski definition) is 1. The van der Waals surface area contributed by atoms with Crippen LogP contribution in [0.4, 0.5) is 5.82 Å². The van der Waals surface area contributed by atoms with Crippen molar-refractivity contribution >= 4 is 11.7 Å². The van der Waals surface area contributed by atoms with E-state index in [2.05, 4.69) is 34.3 Å². The van der Waals surface area contributed by atoms with E-state index in [0.717, 1.165) is 54.9 Å². The number of nitrogens with one attached hydrogen (secondary N) is 1. The smallest absolute Gasteiger partial charge is 0.229 e. The molecule has 2 aromatic heterocycles. The summed E-state index contributed by atoms with van der Waals surface area (Å²) in [6.45, 7) is 3.59. The number of nitrogens with zero attached hydrogens (tertiary/aromatic N) is 2. The zero-order valence-electron chi connectivity index (χ0n) is 18.2. The van der Waals surface area contributed by atoms with E-state index in [-0.39, 0.29) is 23.8 Å². The molecule has 0 spiro atoms. The molecular weight excluding hydrogens is 402 g/mol. The topological polar surface area (TPSA) is 73.3 Å². The number of anilines is 1. The summed E-state index contributed by atoms with van der Waals surface area (Å²) in [5.41, 5.74) is 4.34. The van der Waals surface area contributed by atoms with Gasteiger partial charge in [0.1, 0.15) is 17.7 Å². The average Bonchev–Trinajstić information content (AvgIpc) is 3.63. The van der Waals surface area contributed by atoms with Gasteiger partial charge in [0.25, 0.3) is 0 Å². The van der Waals surface area contributed by atoms with Gasteiger partial charge >= 0.3 is 0 Å². The van der Waals surface area contributed by atoms with Gasteiger partial charge in [-0.05, 0) is 77.9 Å². The molecule has 1 saturated carbocycles. The van der Waals surface area contributed by atoms with Gasteiger partial charge in [-0.3, -0.25) is 9.78 Å². The van der Waals surface area contributed by atoms with Gasteiger partial charge in [0.05, 0.1) is 13.2 Å². The summed E-state index contributed by atoms with van der Waals surface area (Å²) in [6.07, 6.45) is 8.22. The first-order valence-electron chi connectivity index (χ1n) is 11.2. The number of aromatic nitrogens is 2. The van der Waals surface area contributed by atoms with E-state index < -0.39 is 0 Å². The predicted octanol–water partition coefficient (Wildman–Crippen LogP) is 4.75. The van der Waals surface area contributed by atoms with Gasteiger partial charge in [0, 0.05) is 37.4 Å². The maximum atomic E-state index is 12.7. The Kier molecular flexibility index (Phi) is 5.86. The van der Waals surface area contributed by atoms with Gasteiger partial charge in [-0.25, -0.2) is 4.98 Å². The number of amides is 1. The van der Waals surface area contributed by atoms with Crippen LogP contribution in [0.3, 0.4) is 0 Å². The zero-order chi connectivity index (χ0) is 21.9. The number of carbonyl (C=O) groups excluding carboxylic acids is 1. The molecule has 2 fully saturated rings. The van der Waals surface area contributed by atoms with Crippen LogP contribution in [0.15, 0.2) is 61.1 Å². The molecule has 1 aliphatic carbocycles. The molecule has 0 unspecified atom stereocenters. The third-order valence-corrected chi connectivity index (χ3v) is 6.24. The molecule has 1 aromatic carbocycles. The lowest BCUT2D eigenvalue weighted by molar-refractivity contribution is -0.117. The molecule has 3 heterocycles. The maximum Gasteiger partial charge on any atom is 0.229 e. The number of aryl methyl sites for hydroxylation is 1. The van der Waals surface area contributed by atoms with Crippen LogP contribution in [0, 0.1) is 12.8 Å². The third kappa shape index (κ3) is 4.65. The lowest BCUT2D eigenvalue weighted by Gasteiger charge is -2.24. The first kappa shape index (κ1) is 20.6. The van der Waals surface area contributed by atoms with Crippen LogP contribution in [-0.2, 0) is 9.53 Å². The van der Waals surface area contributed by atoms with Crippen LogP contribution >= 0.6 is 0 Å². The molecule has 0 bridgehead atoms. The highest BCUT2D eigenvalue weighted by molar-refractivity contribution is 5.95. The number of ether oxygens (including phenoxy) is 2. The quantitative estimate of drug-likeness (QED) is 0.612. The van der Waals surface area contributed by atoms with Crippen molar-refractivity contribution in [1.29, 1.82) is 0 Å². The average molecular weight is 430 g/mol. The van der Waals surface area contributed by atoms with E-state index in [1.807, 2.05) is 30.3 Å². The number of pyridine rings is 2. The van der Waals surface area contributed by atoms with Gasteiger partial charge in [-0.2, -0.15) is 0 Å². The van der Waals surface area contributed by atoms with E-state index in [1.54, 1.807) is 18.6 Å². The number of benzene rings is 1. The highest BCUT2D eigenvalue weighted by Crippen LogP contribution is 2.47. The summed E-state index contributed by atoms with van der Waals surface area (Å²) in [5, 5.41) is 2.99. The minimum atomic E-state index is -0.00767. The standard InChI is InChI=1S/C26H27N3O3/c1-17-14-19(2-3-24(17)32-21-7-12-31-13-8-21)20-6-11-28-25(15-20)29-26(30)23-16-22(23)18-4-9-27-10-5-18/h2-6,9-11,14-15,21-23H,7-8,12-13,16H2,1H3,(H,28,29,30)/t22-,23+/m0/s1. The van der Waals surface area contributed by atoms with Crippen LogP contribution < -0.4 is 10.1 Å². The van der Waals surface area contributed by atoms with Gasteiger partial charge in [-0.15, -0.1) is 0 Å². The first-order valence-corrected chi connectivity index (χ1v) is 11.2. The van der Waals surface area contributed by atoms with Gasteiger partial charge in [0.2, 0.25) is 5.91 Å². The Morgan fingerprint density at radius 2 is 1.81 bits per heavy atom. The molecule has 1 saturated heterocycles. The third-order valence-electron chi connectivity index (χ3n) is 6.24. The largest absolute Gasteiger partial charge is 0.490 e. The minimum absolute atomic E-state index is 0.00767. The van der Waals surface area contributed by atoms with Crippen LogP contribution in [-0.4, -0.2) is 35.2 Å². The van der Waals surface area contributed by atoms with Crippen molar-refractivity contribution in [2.75, 3.05) is 18.5 Å². The Morgan fingerprint density at radius 3 is 2.59 bits per heavy atom. The van der Waals surface area contributed by atoms with Crippen molar-refractivity contribution < 1.29 is 14.3 Å². The van der Waals surface area contributed by atoms with Gasteiger partial charge in [-0.1, -0.05) is 6.07 Å². The number of rotatable bonds is 6. The molecule has 3 aromatic rings. The van der Waals surface area contributed by atoms with Crippen LogP contribution in [0.2, 0.25) is 0 Å². The Labute approximate surface area is 188 Å². The van der Waals surface area contributed by atoms with E-state index in [0.29, 0.717) is 5.82 Å². The lowest BCUT2D eigenvalue weighted by atomic mass is 10.0. The second kappa shape index (κ2) is 9.09. The van der Waals surface area contributed by atoms with Crippen molar-refractivity contribution in [3.05, 3.63) is 72.2 Å². The van der Waals surface area contributed by atoms with E-state index in [9.17, 15) is 4.79 Å². The monoisotopic (exact) mass is 429 g/mol. The number of carbonyl (C=O) groups is 1. The highest BCUT2D eigenvalue weighted by Gasteiger charge is 2.44. The summed E-state index contributed by atoms with van der Waals surface area (Å²) in [5.74, 6) is 1.78. The molecule has 5 rings (SSSR count). The van der Waals surface area contributed by atoms with E-state index >= 15 is 0 Å². The van der Waals surface area contributed by atoms with Crippen LogP contribution in [0.25, 0.3) is 11.1 Å². The normalized spacial score (nSPS) is 20.5. The molecule has 1 aliphatic heterocycles. The zero-order valence-corrected chi connectivity index (χ0v) is 18.2.